The standard InChI is InChI=1S/C15H16N4/c16-9-8-12-4-6-13(7-5-12)18-15-3-1-2-14-17-10-11-19(14)15/h1-7,10-11,18H,8-9,16H2. The third-order valence-electron chi connectivity index (χ3n) is 3.09. The molecule has 0 unspecified atom stereocenters. The number of imidazole rings is 1. The van der Waals surface area contributed by atoms with Crippen molar-refractivity contribution >= 4 is 17.2 Å². The molecule has 0 bridgehead atoms. The molecule has 0 aliphatic carbocycles. The van der Waals surface area contributed by atoms with E-state index < -0.39 is 0 Å². The van der Waals surface area contributed by atoms with Gasteiger partial charge < -0.3 is 11.1 Å². The molecule has 0 radical (unpaired) electrons. The van der Waals surface area contributed by atoms with Gasteiger partial charge >= 0.3 is 0 Å². The third-order valence-corrected chi connectivity index (χ3v) is 3.09. The van der Waals surface area contributed by atoms with Crippen LogP contribution in [0.5, 0.6) is 0 Å². The second kappa shape index (κ2) is 5.12. The minimum absolute atomic E-state index is 0.682. The molecular formula is C15H16N4. The van der Waals surface area contributed by atoms with Crippen molar-refractivity contribution in [3.8, 4) is 0 Å². The van der Waals surface area contributed by atoms with E-state index in [2.05, 4.69) is 34.6 Å². The number of aromatic nitrogens is 2. The molecule has 4 nitrogen and oxygen atoms in total. The minimum atomic E-state index is 0.682. The Bertz CT molecular complexity index is 670. The van der Waals surface area contributed by atoms with E-state index in [4.69, 9.17) is 5.73 Å². The number of nitrogens with one attached hydrogen (secondary N) is 1. The summed E-state index contributed by atoms with van der Waals surface area (Å²) in [7, 11) is 0. The normalized spacial score (nSPS) is 10.8. The lowest BCUT2D eigenvalue weighted by atomic mass is 10.1. The van der Waals surface area contributed by atoms with Crippen LogP contribution in [-0.2, 0) is 6.42 Å². The van der Waals surface area contributed by atoms with Gasteiger partial charge in [-0.25, -0.2) is 4.98 Å². The molecule has 0 aliphatic rings. The molecule has 2 aromatic heterocycles. The summed E-state index contributed by atoms with van der Waals surface area (Å²) in [5.41, 5.74) is 8.80. The first-order chi connectivity index (χ1) is 9.36. The van der Waals surface area contributed by atoms with Gasteiger partial charge in [0.15, 0.2) is 0 Å². The minimum Gasteiger partial charge on any atom is -0.341 e. The van der Waals surface area contributed by atoms with Crippen molar-refractivity contribution in [2.75, 3.05) is 11.9 Å². The van der Waals surface area contributed by atoms with E-state index in [0.29, 0.717) is 6.54 Å². The monoisotopic (exact) mass is 252 g/mol. The van der Waals surface area contributed by atoms with Crippen LogP contribution in [0, 0.1) is 0 Å². The largest absolute Gasteiger partial charge is 0.341 e. The van der Waals surface area contributed by atoms with Crippen LogP contribution in [0.25, 0.3) is 5.65 Å². The van der Waals surface area contributed by atoms with Crippen molar-refractivity contribution in [2.45, 2.75) is 6.42 Å². The fraction of sp³-hybridized carbons (Fsp3) is 0.133. The van der Waals surface area contributed by atoms with Crippen molar-refractivity contribution in [1.82, 2.24) is 9.38 Å². The highest BCUT2D eigenvalue weighted by Crippen LogP contribution is 2.18. The van der Waals surface area contributed by atoms with Crippen LogP contribution in [-0.4, -0.2) is 15.9 Å². The van der Waals surface area contributed by atoms with E-state index in [1.54, 1.807) is 6.20 Å². The molecule has 1 aromatic carbocycles. The lowest BCUT2D eigenvalue weighted by Crippen LogP contribution is -2.02. The van der Waals surface area contributed by atoms with Crippen LogP contribution in [0.15, 0.2) is 54.9 Å². The average Bonchev–Trinajstić information content (AvgIpc) is 2.91. The molecular weight excluding hydrogens is 236 g/mol. The van der Waals surface area contributed by atoms with Crippen molar-refractivity contribution in [2.24, 2.45) is 5.73 Å². The maximum absolute atomic E-state index is 5.55. The summed E-state index contributed by atoms with van der Waals surface area (Å²) in [4.78, 5) is 4.27. The molecule has 0 fully saturated rings. The van der Waals surface area contributed by atoms with Crippen molar-refractivity contribution in [3.63, 3.8) is 0 Å². The molecule has 4 heteroatoms. The Morgan fingerprint density at radius 1 is 1.11 bits per heavy atom. The van der Waals surface area contributed by atoms with Gasteiger partial charge in [-0.15, -0.1) is 0 Å². The van der Waals surface area contributed by atoms with E-state index in [9.17, 15) is 0 Å². The Kier molecular flexibility index (Phi) is 3.16. The van der Waals surface area contributed by atoms with Crippen LogP contribution in [0.2, 0.25) is 0 Å². The van der Waals surface area contributed by atoms with Crippen LogP contribution < -0.4 is 11.1 Å². The van der Waals surface area contributed by atoms with Gasteiger partial charge in [0.2, 0.25) is 0 Å². The average molecular weight is 252 g/mol. The Balaban J connectivity index is 1.86. The number of nitrogens with two attached hydrogens (primary N) is 1. The zero-order chi connectivity index (χ0) is 13.1. The summed E-state index contributed by atoms with van der Waals surface area (Å²) in [5, 5.41) is 3.39. The van der Waals surface area contributed by atoms with Crippen LogP contribution in [0.3, 0.4) is 0 Å². The number of anilines is 2. The number of hydrogen-bond acceptors (Lipinski definition) is 3. The number of hydrogen-bond donors (Lipinski definition) is 2. The maximum Gasteiger partial charge on any atom is 0.138 e. The van der Waals surface area contributed by atoms with E-state index in [0.717, 1.165) is 23.6 Å². The number of benzene rings is 1. The number of fused-ring (bicyclic) bond motifs is 1. The van der Waals surface area contributed by atoms with E-state index in [1.165, 1.54) is 5.56 Å². The van der Waals surface area contributed by atoms with Crippen molar-refractivity contribution in [3.05, 3.63) is 60.4 Å². The van der Waals surface area contributed by atoms with Gasteiger partial charge in [-0.2, -0.15) is 0 Å². The molecule has 0 saturated heterocycles. The first kappa shape index (κ1) is 11.7. The second-order valence-electron chi connectivity index (χ2n) is 4.43. The lowest BCUT2D eigenvalue weighted by Gasteiger charge is -2.09. The van der Waals surface area contributed by atoms with Gasteiger partial charge in [-0.3, -0.25) is 4.40 Å². The number of rotatable bonds is 4. The first-order valence-electron chi connectivity index (χ1n) is 6.35. The maximum atomic E-state index is 5.55. The van der Waals surface area contributed by atoms with Gasteiger partial charge in [0.05, 0.1) is 0 Å². The smallest absolute Gasteiger partial charge is 0.138 e. The lowest BCUT2D eigenvalue weighted by molar-refractivity contribution is 0.969. The van der Waals surface area contributed by atoms with Gasteiger partial charge in [-0.1, -0.05) is 18.2 Å². The molecule has 0 amide bonds. The molecule has 2 heterocycles. The van der Waals surface area contributed by atoms with E-state index in [1.807, 2.05) is 28.8 Å². The van der Waals surface area contributed by atoms with Crippen molar-refractivity contribution < 1.29 is 0 Å². The zero-order valence-corrected chi connectivity index (χ0v) is 10.6. The summed E-state index contributed by atoms with van der Waals surface area (Å²) in [5.74, 6) is 1.00. The molecule has 19 heavy (non-hydrogen) atoms. The predicted molar refractivity (Wildman–Crippen MR) is 77.7 cm³/mol. The van der Waals surface area contributed by atoms with Gasteiger partial charge in [0, 0.05) is 18.1 Å². The van der Waals surface area contributed by atoms with Crippen LogP contribution >= 0.6 is 0 Å². The SMILES string of the molecule is NCCc1ccc(Nc2cccc3nccn23)cc1. The molecule has 96 valence electrons. The molecule has 0 saturated carbocycles. The molecule has 3 N–H and O–H groups in total. The van der Waals surface area contributed by atoms with E-state index in [-0.39, 0.29) is 0 Å². The highest BCUT2D eigenvalue weighted by molar-refractivity contribution is 5.60. The first-order valence-corrected chi connectivity index (χ1v) is 6.35. The summed E-state index contributed by atoms with van der Waals surface area (Å²) in [6.07, 6.45) is 4.66. The summed E-state index contributed by atoms with van der Waals surface area (Å²) < 4.78 is 2.02. The summed E-state index contributed by atoms with van der Waals surface area (Å²) in [6, 6.07) is 14.3. The van der Waals surface area contributed by atoms with Gasteiger partial charge in [0.25, 0.3) is 0 Å². The second-order valence-corrected chi connectivity index (χ2v) is 4.43. The highest BCUT2D eigenvalue weighted by Gasteiger charge is 2.00. The molecule has 3 aromatic rings. The summed E-state index contributed by atoms with van der Waals surface area (Å²) >= 11 is 0. The van der Waals surface area contributed by atoms with Gasteiger partial charge in [0.1, 0.15) is 11.5 Å². The zero-order valence-electron chi connectivity index (χ0n) is 10.6. The predicted octanol–water partition coefficient (Wildman–Crippen LogP) is 2.58. The Labute approximate surface area is 111 Å². The molecule has 3 rings (SSSR count). The third kappa shape index (κ3) is 2.44. The Hall–Kier alpha value is -2.33. The molecule has 0 spiro atoms. The Morgan fingerprint density at radius 3 is 2.74 bits per heavy atom. The Morgan fingerprint density at radius 2 is 1.95 bits per heavy atom. The fourth-order valence-electron chi connectivity index (χ4n) is 2.12. The van der Waals surface area contributed by atoms with Gasteiger partial charge in [-0.05, 0) is 42.8 Å². The van der Waals surface area contributed by atoms with Crippen LogP contribution in [0.4, 0.5) is 11.5 Å². The molecule has 0 aliphatic heterocycles. The number of nitrogens with zero attached hydrogens (tertiary/aromatic N) is 2. The van der Waals surface area contributed by atoms with E-state index >= 15 is 0 Å². The molecule has 0 atom stereocenters. The number of pyridine rings is 1. The topological polar surface area (TPSA) is 55.3 Å². The fourth-order valence-corrected chi connectivity index (χ4v) is 2.12. The highest BCUT2D eigenvalue weighted by atomic mass is 15.1. The van der Waals surface area contributed by atoms with Crippen LogP contribution in [0.1, 0.15) is 5.56 Å². The summed E-state index contributed by atoms with van der Waals surface area (Å²) in [6.45, 7) is 0.682. The quantitative estimate of drug-likeness (QED) is 0.750. The van der Waals surface area contributed by atoms with Crippen molar-refractivity contribution in [1.29, 1.82) is 0 Å².